The lowest BCUT2D eigenvalue weighted by atomic mass is 10.1. The summed E-state index contributed by atoms with van der Waals surface area (Å²) in [7, 11) is 6.10. The highest BCUT2D eigenvalue weighted by Gasteiger charge is 2.10. The van der Waals surface area contributed by atoms with Gasteiger partial charge in [-0.25, -0.2) is 0 Å². The molecule has 0 bridgehead atoms. The second kappa shape index (κ2) is 7.32. The lowest BCUT2D eigenvalue weighted by Crippen LogP contribution is -1.91. The molecular formula is C18H18O5. The monoisotopic (exact) mass is 314 g/mol. The molecule has 0 amide bonds. The maximum atomic E-state index is 9.90. The zero-order valence-corrected chi connectivity index (χ0v) is 13.5. The van der Waals surface area contributed by atoms with Crippen molar-refractivity contribution in [1.82, 2.24) is 0 Å². The number of phenolic OH excluding ortho intramolecular Hbond substituents is 1. The summed E-state index contributed by atoms with van der Waals surface area (Å²) in [6.07, 6.45) is 0. The van der Waals surface area contributed by atoms with Crippen molar-refractivity contribution in [2.45, 2.75) is 0 Å². The van der Waals surface area contributed by atoms with E-state index >= 15 is 0 Å². The Labute approximate surface area is 135 Å². The van der Waals surface area contributed by atoms with Crippen LogP contribution in [0.3, 0.4) is 0 Å². The number of phenols is 1. The molecule has 0 saturated heterocycles. The molecule has 0 atom stereocenters. The van der Waals surface area contributed by atoms with E-state index in [0.29, 0.717) is 28.6 Å². The summed E-state index contributed by atoms with van der Waals surface area (Å²) in [6.45, 7) is 0. The standard InChI is InChI=1S/C18H18O5/c1-20-14-8-7-12(9-15(14)21-2)5-6-13-10-16(22-3)18(19)17(11-13)23-4/h7-11,19H,1-4H3. The minimum Gasteiger partial charge on any atom is -0.502 e. The van der Waals surface area contributed by atoms with Gasteiger partial charge in [-0.05, 0) is 30.3 Å². The Morgan fingerprint density at radius 3 is 1.65 bits per heavy atom. The average molecular weight is 314 g/mol. The predicted octanol–water partition coefficient (Wildman–Crippen LogP) is 2.83. The number of hydrogen-bond acceptors (Lipinski definition) is 5. The van der Waals surface area contributed by atoms with Crippen LogP contribution < -0.4 is 18.9 Å². The summed E-state index contributed by atoms with van der Waals surface area (Å²) in [5.41, 5.74) is 1.43. The fraction of sp³-hybridized carbons (Fsp3) is 0.222. The number of ether oxygens (including phenoxy) is 4. The molecule has 0 aliphatic carbocycles. The van der Waals surface area contributed by atoms with Crippen molar-refractivity contribution in [1.29, 1.82) is 0 Å². The van der Waals surface area contributed by atoms with Crippen LogP contribution in [0.15, 0.2) is 30.3 Å². The Morgan fingerprint density at radius 2 is 1.13 bits per heavy atom. The van der Waals surface area contributed by atoms with Gasteiger partial charge in [0.1, 0.15) is 0 Å². The van der Waals surface area contributed by atoms with Gasteiger partial charge in [0, 0.05) is 11.1 Å². The van der Waals surface area contributed by atoms with E-state index in [9.17, 15) is 5.11 Å². The third kappa shape index (κ3) is 3.61. The minimum absolute atomic E-state index is 0.0494. The molecule has 0 aromatic heterocycles. The molecule has 2 aromatic carbocycles. The van der Waals surface area contributed by atoms with Gasteiger partial charge in [0.05, 0.1) is 28.4 Å². The van der Waals surface area contributed by atoms with Crippen LogP contribution in [-0.4, -0.2) is 33.5 Å². The van der Waals surface area contributed by atoms with Gasteiger partial charge in [-0.15, -0.1) is 0 Å². The third-order valence-corrected chi connectivity index (χ3v) is 3.21. The molecule has 2 rings (SSSR count). The van der Waals surface area contributed by atoms with E-state index in [-0.39, 0.29) is 5.75 Å². The smallest absolute Gasteiger partial charge is 0.200 e. The molecule has 0 spiro atoms. The number of benzene rings is 2. The first-order chi connectivity index (χ1) is 11.1. The molecule has 0 radical (unpaired) electrons. The van der Waals surface area contributed by atoms with Crippen LogP contribution in [0.2, 0.25) is 0 Å². The van der Waals surface area contributed by atoms with Crippen LogP contribution in [0.25, 0.3) is 0 Å². The van der Waals surface area contributed by atoms with Crippen molar-refractivity contribution in [2.75, 3.05) is 28.4 Å². The zero-order chi connectivity index (χ0) is 16.8. The minimum atomic E-state index is -0.0494. The second-order valence-electron chi connectivity index (χ2n) is 4.55. The summed E-state index contributed by atoms with van der Waals surface area (Å²) >= 11 is 0. The quantitative estimate of drug-likeness (QED) is 0.880. The van der Waals surface area contributed by atoms with E-state index in [4.69, 9.17) is 18.9 Å². The first kappa shape index (κ1) is 16.4. The topological polar surface area (TPSA) is 57.2 Å². The van der Waals surface area contributed by atoms with E-state index in [2.05, 4.69) is 11.8 Å². The molecule has 2 aromatic rings. The fourth-order valence-corrected chi connectivity index (χ4v) is 2.02. The zero-order valence-electron chi connectivity index (χ0n) is 13.5. The fourth-order valence-electron chi connectivity index (χ4n) is 2.02. The number of rotatable bonds is 4. The van der Waals surface area contributed by atoms with Crippen LogP contribution in [0.5, 0.6) is 28.7 Å². The van der Waals surface area contributed by atoms with Gasteiger partial charge in [-0.2, -0.15) is 0 Å². The molecule has 120 valence electrons. The van der Waals surface area contributed by atoms with Crippen molar-refractivity contribution >= 4 is 0 Å². The third-order valence-electron chi connectivity index (χ3n) is 3.21. The van der Waals surface area contributed by atoms with Gasteiger partial charge < -0.3 is 24.1 Å². The van der Waals surface area contributed by atoms with Gasteiger partial charge >= 0.3 is 0 Å². The van der Waals surface area contributed by atoms with Gasteiger partial charge in [0.2, 0.25) is 5.75 Å². The van der Waals surface area contributed by atoms with E-state index < -0.39 is 0 Å². The molecule has 0 saturated carbocycles. The first-order valence-electron chi connectivity index (χ1n) is 6.82. The average Bonchev–Trinajstić information content (AvgIpc) is 2.60. The number of hydrogen-bond donors (Lipinski definition) is 1. The Balaban J connectivity index is 2.39. The molecule has 0 aliphatic rings. The van der Waals surface area contributed by atoms with Crippen molar-refractivity contribution < 1.29 is 24.1 Å². The second-order valence-corrected chi connectivity index (χ2v) is 4.55. The molecule has 5 nitrogen and oxygen atoms in total. The molecule has 5 heteroatoms. The summed E-state index contributed by atoms with van der Waals surface area (Å²) in [5.74, 6) is 7.86. The SMILES string of the molecule is COc1ccc(C#Cc2cc(OC)c(O)c(OC)c2)cc1OC. The van der Waals surface area contributed by atoms with Crippen LogP contribution >= 0.6 is 0 Å². The highest BCUT2D eigenvalue weighted by Crippen LogP contribution is 2.36. The maximum Gasteiger partial charge on any atom is 0.200 e. The molecule has 0 heterocycles. The molecule has 0 unspecified atom stereocenters. The summed E-state index contributed by atoms with van der Waals surface area (Å²) in [5, 5.41) is 9.90. The molecular weight excluding hydrogens is 296 g/mol. The van der Waals surface area contributed by atoms with Crippen LogP contribution in [0.1, 0.15) is 11.1 Å². The Bertz CT molecular complexity index is 731. The first-order valence-corrected chi connectivity index (χ1v) is 6.82. The van der Waals surface area contributed by atoms with Gasteiger partial charge in [-0.1, -0.05) is 11.8 Å². The Morgan fingerprint density at radius 1 is 0.652 bits per heavy atom. The summed E-state index contributed by atoms with van der Waals surface area (Å²) in [4.78, 5) is 0. The van der Waals surface area contributed by atoms with E-state index in [0.717, 1.165) is 5.56 Å². The number of aromatic hydroxyl groups is 1. The summed E-state index contributed by atoms with van der Waals surface area (Å²) in [6, 6.07) is 8.71. The van der Waals surface area contributed by atoms with Crippen molar-refractivity contribution in [3.63, 3.8) is 0 Å². The highest BCUT2D eigenvalue weighted by molar-refractivity contribution is 5.58. The largest absolute Gasteiger partial charge is 0.502 e. The van der Waals surface area contributed by atoms with E-state index in [1.165, 1.54) is 14.2 Å². The Hall–Kier alpha value is -3.00. The molecule has 1 N–H and O–H groups in total. The van der Waals surface area contributed by atoms with Gasteiger partial charge in [0.25, 0.3) is 0 Å². The van der Waals surface area contributed by atoms with Crippen molar-refractivity contribution in [2.24, 2.45) is 0 Å². The number of methoxy groups -OCH3 is 4. The lowest BCUT2D eigenvalue weighted by molar-refractivity contribution is 0.339. The van der Waals surface area contributed by atoms with E-state index in [1.807, 2.05) is 6.07 Å². The van der Waals surface area contributed by atoms with Crippen molar-refractivity contribution in [3.8, 4) is 40.6 Å². The van der Waals surface area contributed by atoms with Gasteiger partial charge in [0.15, 0.2) is 23.0 Å². The van der Waals surface area contributed by atoms with Crippen LogP contribution in [0, 0.1) is 11.8 Å². The predicted molar refractivity (Wildman–Crippen MR) is 86.7 cm³/mol. The lowest BCUT2D eigenvalue weighted by Gasteiger charge is -2.08. The van der Waals surface area contributed by atoms with Crippen LogP contribution in [0.4, 0.5) is 0 Å². The maximum absolute atomic E-state index is 9.90. The highest BCUT2D eigenvalue weighted by atomic mass is 16.5. The normalized spacial score (nSPS) is 9.57. The van der Waals surface area contributed by atoms with Gasteiger partial charge in [-0.3, -0.25) is 0 Å². The van der Waals surface area contributed by atoms with Crippen molar-refractivity contribution in [3.05, 3.63) is 41.5 Å². The van der Waals surface area contributed by atoms with E-state index in [1.54, 1.807) is 38.5 Å². The molecule has 23 heavy (non-hydrogen) atoms. The summed E-state index contributed by atoms with van der Waals surface area (Å²) < 4.78 is 20.7. The van der Waals surface area contributed by atoms with Crippen LogP contribution in [-0.2, 0) is 0 Å². The Kier molecular flexibility index (Phi) is 5.21. The molecule has 0 fully saturated rings. The molecule has 0 aliphatic heterocycles.